The van der Waals surface area contributed by atoms with Gasteiger partial charge in [0.2, 0.25) is 0 Å². The SMILES string of the molecule is O=c1c(CO)cccn1CC1CCOCC1. The van der Waals surface area contributed by atoms with Crippen molar-refractivity contribution in [3.8, 4) is 0 Å². The van der Waals surface area contributed by atoms with Gasteiger partial charge in [-0.2, -0.15) is 0 Å². The van der Waals surface area contributed by atoms with Crippen LogP contribution in [0.5, 0.6) is 0 Å². The van der Waals surface area contributed by atoms with Crippen molar-refractivity contribution in [3.63, 3.8) is 0 Å². The minimum absolute atomic E-state index is 0.0727. The summed E-state index contributed by atoms with van der Waals surface area (Å²) in [6.07, 6.45) is 3.81. The molecule has 16 heavy (non-hydrogen) atoms. The second-order valence-corrected chi connectivity index (χ2v) is 4.20. The third-order valence-electron chi connectivity index (χ3n) is 3.07. The molecule has 0 aromatic carbocycles. The molecule has 0 aliphatic carbocycles. The molecule has 1 aliphatic rings. The molecule has 2 heterocycles. The Hall–Kier alpha value is -1.13. The van der Waals surface area contributed by atoms with Gasteiger partial charge in [-0.25, -0.2) is 0 Å². The van der Waals surface area contributed by atoms with Crippen molar-refractivity contribution in [1.29, 1.82) is 0 Å². The second-order valence-electron chi connectivity index (χ2n) is 4.20. The summed E-state index contributed by atoms with van der Waals surface area (Å²) in [6.45, 7) is 2.13. The van der Waals surface area contributed by atoms with Crippen LogP contribution >= 0.6 is 0 Å². The van der Waals surface area contributed by atoms with E-state index in [0.717, 1.165) is 32.6 Å². The van der Waals surface area contributed by atoms with Crippen LogP contribution < -0.4 is 5.56 Å². The van der Waals surface area contributed by atoms with E-state index >= 15 is 0 Å². The lowest BCUT2D eigenvalue weighted by molar-refractivity contribution is 0.0609. The van der Waals surface area contributed by atoms with Crippen LogP contribution in [0, 0.1) is 5.92 Å². The summed E-state index contributed by atoms with van der Waals surface area (Å²) in [7, 11) is 0. The van der Waals surface area contributed by atoms with Crippen molar-refractivity contribution in [2.45, 2.75) is 26.0 Å². The number of hydrogen-bond donors (Lipinski definition) is 1. The summed E-state index contributed by atoms with van der Waals surface area (Å²) in [5.74, 6) is 0.514. The van der Waals surface area contributed by atoms with Gasteiger partial charge < -0.3 is 14.4 Å². The summed E-state index contributed by atoms with van der Waals surface area (Å²) >= 11 is 0. The molecule has 1 aromatic heterocycles. The lowest BCUT2D eigenvalue weighted by Crippen LogP contribution is -2.28. The smallest absolute Gasteiger partial charge is 0.256 e. The highest BCUT2D eigenvalue weighted by Crippen LogP contribution is 2.15. The molecule has 4 nitrogen and oxygen atoms in total. The van der Waals surface area contributed by atoms with Crippen molar-refractivity contribution >= 4 is 0 Å². The second kappa shape index (κ2) is 5.27. The number of aromatic nitrogens is 1. The average Bonchev–Trinajstić information content (AvgIpc) is 2.33. The van der Waals surface area contributed by atoms with Gasteiger partial charge in [-0.3, -0.25) is 4.79 Å². The fourth-order valence-electron chi connectivity index (χ4n) is 2.06. The lowest BCUT2D eigenvalue weighted by atomic mass is 10.0. The van der Waals surface area contributed by atoms with Gasteiger partial charge in [0.25, 0.3) is 5.56 Å². The van der Waals surface area contributed by atoms with E-state index in [1.165, 1.54) is 0 Å². The molecule has 88 valence electrons. The highest BCUT2D eigenvalue weighted by molar-refractivity contribution is 5.08. The fraction of sp³-hybridized carbons (Fsp3) is 0.583. The maximum Gasteiger partial charge on any atom is 0.256 e. The number of hydrogen-bond acceptors (Lipinski definition) is 3. The molecule has 0 amide bonds. The number of ether oxygens (including phenoxy) is 1. The van der Waals surface area contributed by atoms with Gasteiger partial charge in [0.05, 0.1) is 6.61 Å². The summed E-state index contributed by atoms with van der Waals surface area (Å²) in [4.78, 5) is 11.8. The zero-order valence-corrected chi connectivity index (χ0v) is 9.26. The van der Waals surface area contributed by atoms with Crippen LogP contribution in [0.15, 0.2) is 23.1 Å². The first-order valence-corrected chi connectivity index (χ1v) is 5.68. The summed E-state index contributed by atoms with van der Waals surface area (Å²) in [5, 5.41) is 9.02. The van der Waals surface area contributed by atoms with E-state index in [2.05, 4.69) is 0 Å². The van der Waals surface area contributed by atoms with Crippen molar-refractivity contribution in [3.05, 3.63) is 34.2 Å². The summed E-state index contributed by atoms with van der Waals surface area (Å²) in [6, 6.07) is 3.48. The van der Waals surface area contributed by atoms with Gasteiger partial charge in [-0.1, -0.05) is 0 Å². The highest BCUT2D eigenvalue weighted by Gasteiger charge is 2.15. The summed E-state index contributed by atoms with van der Waals surface area (Å²) < 4.78 is 6.98. The Morgan fingerprint density at radius 2 is 2.19 bits per heavy atom. The topological polar surface area (TPSA) is 51.5 Å². The van der Waals surface area contributed by atoms with Gasteiger partial charge in [-0.15, -0.1) is 0 Å². The predicted octanol–water partition coefficient (Wildman–Crippen LogP) is 0.767. The minimum Gasteiger partial charge on any atom is -0.391 e. The largest absolute Gasteiger partial charge is 0.391 e. The Morgan fingerprint density at radius 1 is 1.44 bits per heavy atom. The third-order valence-corrected chi connectivity index (χ3v) is 3.07. The molecular weight excluding hydrogens is 206 g/mol. The van der Waals surface area contributed by atoms with E-state index in [-0.39, 0.29) is 12.2 Å². The maximum absolute atomic E-state index is 11.8. The third kappa shape index (κ3) is 2.51. The molecule has 2 rings (SSSR count). The Bertz CT molecular complexity index is 393. The summed E-state index contributed by atoms with van der Waals surface area (Å²) in [5.41, 5.74) is 0.394. The van der Waals surface area contributed by atoms with Crippen molar-refractivity contribution in [1.82, 2.24) is 4.57 Å². The zero-order valence-electron chi connectivity index (χ0n) is 9.26. The quantitative estimate of drug-likeness (QED) is 0.823. The van der Waals surface area contributed by atoms with Crippen molar-refractivity contribution < 1.29 is 9.84 Å². The van der Waals surface area contributed by atoms with E-state index < -0.39 is 0 Å². The van der Waals surface area contributed by atoms with Crippen LogP contribution in [0.4, 0.5) is 0 Å². The Kier molecular flexibility index (Phi) is 3.74. The molecular formula is C12H17NO3. The van der Waals surface area contributed by atoms with Gasteiger partial charge in [-0.05, 0) is 30.9 Å². The van der Waals surface area contributed by atoms with E-state index in [1.807, 2.05) is 6.07 Å². The molecule has 0 radical (unpaired) electrons. The molecule has 4 heteroatoms. The monoisotopic (exact) mass is 223 g/mol. The Labute approximate surface area is 94.5 Å². The Morgan fingerprint density at radius 3 is 2.88 bits per heavy atom. The molecule has 0 saturated carbocycles. The number of aliphatic hydroxyl groups excluding tert-OH is 1. The molecule has 0 unspecified atom stereocenters. The molecule has 1 aliphatic heterocycles. The van der Waals surface area contributed by atoms with E-state index in [1.54, 1.807) is 16.8 Å². The van der Waals surface area contributed by atoms with E-state index in [0.29, 0.717) is 11.5 Å². The van der Waals surface area contributed by atoms with Crippen LogP contribution in [0.2, 0.25) is 0 Å². The first-order valence-electron chi connectivity index (χ1n) is 5.68. The predicted molar refractivity (Wildman–Crippen MR) is 60.2 cm³/mol. The fourth-order valence-corrected chi connectivity index (χ4v) is 2.06. The average molecular weight is 223 g/mol. The first-order chi connectivity index (χ1) is 7.81. The van der Waals surface area contributed by atoms with Crippen LogP contribution in [0.3, 0.4) is 0 Å². The van der Waals surface area contributed by atoms with Crippen molar-refractivity contribution in [2.75, 3.05) is 13.2 Å². The maximum atomic E-state index is 11.8. The van der Waals surface area contributed by atoms with Crippen LogP contribution in [0.25, 0.3) is 0 Å². The van der Waals surface area contributed by atoms with Gasteiger partial charge in [0.15, 0.2) is 0 Å². The van der Waals surface area contributed by atoms with Crippen molar-refractivity contribution in [2.24, 2.45) is 5.92 Å². The highest BCUT2D eigenvalue weighted by atomic mass is 16.5. The standard InChI is InChI=1S/C12H17NO3/c14-9-11-2-1-5-13(12(11)15)8-10-3-6-16-7-4-10/h1-2,5,10,14H,3-4,6-9H2. The molecule has 0 spiro atoms. The molecule has 1 saturated heterocycles. The van der Waals surface area contributed by atoms with Gasteiger partial charge in [0, 0.05) is 31.5 Å². The number of rotatable bonds is 3. The van der Waals surface area contributed by atoms with Gasteiger partial charge >= 0.3 is 0 Å². The molecule has 0 bridgehead atoms. The lowest BCUT2D eigenvalue weighted by Gasteiger charge is -2.22. The number of aliphatic hydroxyl groups is 1. The first kappa shape index (κ1) is 11.4. The molecule has 0 atom stereocenters. The number of nitrogens with zero attached hydrogens (tertiary/aromatic N) is 1. The normalized spacial score (nSPS) is 17.6. The molecule has 1 fully saturated rings. The van der Waals surface area contributed by atoms with Crippen LogP contribution in [0.1, 0.15) is 18.4 Å². The molecule has 1 aromatic rings. The number of pyridine rings is 1. The van der Waals surface area contributed by atoms with Gasteiger partial charge in [0.1, 0.15) is 0 Å². The minimum atomic E-state index is -0.187. The zero-order chi connectivity index (χ0) is 11.4. The van der Waals surface area contributed by atoms with Crippen LogP contribution in [-0.2, 0) is 17.9 Å². The van der Waals surface area contributed by atoms with E-state index in [4.69, 9.17) is 9.84 Å². The van der Waals surface area contributed by atoms with E-state index in [9.17, 15) is 4.79 Å². The van der Waals surface area contributed by atoms with Crippen LogP contribution in [-0.4, -0.2) is 22.9 Å². The molecule has 1 N–H and O–H groups in total. The Balaban J connectivity index is 2.11.